The molecule has 82 valence electrons. The summed E-state index contributed by atoms with van der Waals surface area (Å²) in [5.74, 6) is 0.926. The van der Waals surface area contributed by atoms with Crippen LogP contribution in [0.3, 0.4) is 0 Å². The van der Waals surface area contributed by atoms with Crippen molar-refractivity contribution in [2.75, 3.05) is 13.1 Å². The smallest absolute Gasteiger partial charge is 0.219 e. The highest BCUT2D eigenvalue weighted by molar-refractivity contribution is 9.10. The van der Waals surface area contributed by atoms with Crippen LogP contribution in [0.4, 0.5) is 0 Å². The normalized spacial score (nSPS) is 26.8. The van der Waals surface area contributed by atoms with Gasteiger partial charge in [-0.3, -0.25) is 4.90 Å². The second-order valence-electron chi connectivity index (χ2n) is 3.79. The van der Waals surface area contributed by atoms with Crippen LogP contribution < -0.4 is 4.74 Å². The highest BCUT2D eigenvalue weighted by Crippen LogP contribution is 2.36. The van der Waals surface area contributed by atoms with Gasteiger partial charge in [-0.25, -0.2) is 0 Å². The maximum atomic E-state index is 6.01. The maximum absolute atomic E-state index is 6.01. The average molecular weight is 270 g/mol. The summed E-state index contributed by atoms with van der Waals surface area (Å²) in [6.45, 7) is 4.28. The van der Waals surface area contributed by atoms with Gasteiger partial charge in [0.2, 0.25) is 4.63 Å². The minimum absolute atomic E-state index is 0.289. The van der Waals surface area contributed by atoms with E-state index < -0.39 is 0 Å². The molecule has 1 fully saturated rings. The summed E-state index contributed by atoms with van der Waals surface area (Å²) < 4.78 is 5.72. The number of nitrogens with zero attached hydrogens (tertiary/aromatic N) is 1. The molecule has 2 nitrogen and oxygen atoms in total. The first kappa shape index (κ1) is 11.0. The first-order valence-corrected chi connectivity index (χ1v) is 6.22. The molecular weight excluding hydrogens is 254 g/mol. The van der Waals surface area contributed by atoms with Crippen LogP contribution in [0.5, 0.6) is 5.75 Å². The zero-order valence-corrected chi connectivity index (χ0v) is 10.5. The average Bonchev–Trinajstić information content (AvgIpc) is 2.60. The van der Waals surface area contributed by atoms with Crippen molar-refractivity contribution < 1.29 is 4.74 Å². The van der Waals surface area contributed by atoms with Crippen LogP contribution in [0.2, 0.25) is 0 Å². The summed E-state index contributed by atoms with van der Waals surface area (Å²) in [6.07, 6.45) is 2.22. The second kappa shape index (κ2) is 4.54. The Labute approximate surface area is 99.4 Å². The van der Waals surface area contributed by atoms with E-state index in [1.165, 1.54) is 6.42 Å². The summed E-state index contributed by atoms with van der Waals surface area (Å²) in [7, 11) is 0. The van der Waals surface area contributed by atoms with Crippen LogP contribution in [0.1, 0.15) is 19.8 Å². The lowest BCUT2D eigenvalue weighted by atomic mass is 10.3. The SMILES string of the molecule is CCN1CCCC1(Br)Oc1ccccc1. The Hall–Kier alpha value is -0.540. The molecule has 2 rings (SSSR count). The fraction of sp³-hybridized carbons (Fsp3) is 0.500. The molecule has 0 bridgehead atoms. The largest absolute Gasteiger partial charge is 0.463 e. The Morgan fingerprint density at radius 1 is 1.40 bits per heavy atom. The number of halogens is 1. The van der Waals surface area contributed by atoms with Gasteiger partial charge in [0, 0.05) is 13.0 Å². The first-order chi connectivity index (χ1) is 7.24. The van der Waals surface area contributed by atoms with Gasteiger partial charge in [0.15, 0.2) is 0 Å². The number of hydrogen-bond acceptors (Lipinski definition) is 2. The molecule has 0 N–H and O–H groups in total. The van der Waals surface area contributed by atoms with Gasteiger partial charge in [-0.1, -0.05) is 25.1 Å². The summed E-state index contributed by atoms with van der Waals surface area (Å²) in [6, 6.07) is 9.98. The van der Waals surface area contributed by atoms with Crippen LogP contribution in [-0.4, -0.2) is 22.6 Å². The quantitative estimate of drug-likeness (QED) is 0.617. The van der Waals surface area contributed by atoms with E-state index in [2.05, 4.69) is 27.8 Å². The zero-order valence-electron chi connectivity index (χ0n) is 8.95. The van der Waals surface area contributed by atoms with Gasteiger partial charge in [0.05, 0.1) is 0 Å². The third-order valence-corrected chi connectivity index (χ3v) is 3.84. The third kappa shape index (κ3) is 2.34. The van der Waals surface area contributed by atoms with E-state index in [9.17, 15) is 0 Å². The molecule has 1 aromatic rings. The molecule has 0 aliphatic carbocycles. The van der Waals surface area contributed by atoms with Crippen molar-refractivity contribution in [2.45, 2.75) is 24.4 Å². The Morgan fingerprint density at radius 2 is 2.13 bits per heavy atom. The van der Waals surface area contributed by atoms with Gasteiger partial charge in [-0.15, -0.1) is 0 Å². The molecule has 1 aliphatic heterocycles. The van der Waals surface area contributed by atoms with Gasteiger partial charge in [-0.2, -0.15) is 0 Å². The predicted octanol–water partition coefficient (Wildman–Crippen LogP) is 3.23. The Balaban J connectivity index is 2.10. The van der Waals surface area contributed by atoms with E-state index in [-0.39, 0.29) is 4.63 Å². The van der Waals surface area contributed by atoms with E-state index in [0.717, 1.165) is 25.3 Å². The van der Waals surface area contributed by atoms with Crippen LogP contribution in [0.25, 0.3) is 0 Å². The number of benzene rings is 1. The number of hydrogen-bond donors (Lipinski definition) is 0. The fourth-order valence-corrected chi connectivity index (χ4v) is 2.89. The molecule has 0 radical (unpaired) electrons. The van der Waals surface area contributed by atoms with Crippen LogP contribution in [0, 0.1) is 0 Å². The van der Waals surface area contributed by atoms with Crippen molar-refractivity contribution in [3.05, 3.63) is 30.3 Å². The topological polar surface area (TPSA) is 12.5 Å². The number of alkyl halides is 1. The van der Waals surface area contributed by atoms with Crippen molar-refractivity contribution in [2.24, 2.45) is 0 Å². The lowest BCUT2D eigenvalue weighted by Gasteiger charge is -2.32. The van der Waals surface area contributed by atoms with Gasteiger partial charge >= 0.3 is 0 Å². The highest BCUT2D eigenvalue weighted by atomic mass is 79.9. The fourth-order valence-electron chi connectivity index (χ4n) is 1.99. The standard InChI is InChI=1S/C12H16BrNO/c1-2-14-10-6-9-12(14,13)15-11-7-4-3-5-8-11/h3-5,7-8H,2,6,9-10H2,1H3. The summed E-state index contributed by atoms with van der Waals surface area (Å²) in [5.41, 5.74) is 0. The molecule has 15 heavy (non-hydrogen) atoms. The Bertz CT molecular complexity index is 317. The van der Waals surface area contributed by atoms with Gasteiger partial charge in [0.25, 0.3) is 0 Å². The minimum Gasteiger partial charge on any atom is -0.463 e. The minimum atomic E-state index is -0.289. The maximum Gasteiger partial charge on any atom is 0.219 e. The number of likely N-dealkylation sites (tertiary alicyclic amines) is 1. The molecule has 1 aromatic carbocycles. The molecule has 1 aliphatic rings. The number of ether oxygens (including phenoxy) is 1. The van der Waals surface area contributed by atoms with E-state index in [1.54, 1.807) is 0 Å². The summed E-state index contributed by atoms with van der Waals surface area (Å²) in [4.78, 5) is 2.32. The lowest BCUT2D eigenvalue weighted by molar-refractivity contribution is 0.0379. The molecular formula is C12H16BrNO. The van der Waals surface area contributed by atoms with Gasteiger partial charge in [0.1, 0.15) is 5.75 Å². The summed E-state index contributed by atoms with van der Waals surface area (Å²) >= 11 is 3.71. The highest BCUT2D eigenvalue weighted by Gasteiger charge is 2.39. The van der Waals surface area contributed by atoms with E-state index in [0.29, 0.717) is 0 Å². The van der Waals surface area contributed by atoms with Crippen molar-refractivity contribution in [1.82, 2.24) is 4.90 Å². The molecule has 1 saturated heterocycles. The van der Waals surface area contributed by atoms with Crippen molar-refractivity contribution in [3.8, 4) is 5.75 Å². The van der Waals surface area contributed by atoms with E-state index in [1.807, 2.05) is 30.3 Å². The Morgan fingerprint density at radius 3 is 2.80 bits per heavy atom. The van der Waals surface area contributed by atoms with Crippen molar-refractivity contribution in [3.63, 3.8) is 0 Å². The Kier molecular flexibility index (Phi) is 3.32. The second-order valence-corrected chi connectivity index (χ2v) is 5.03. The molecule has 0 spiro atoms. The van der Waals surface area contributed by atoms with Crippen molar-refractivity contribution in [1.29, 1.82) is 0 Å². The predicted molar refractivity (Wildman–Crippen MR) is 65.2 cm³/mol. The van der Waals surface area contributed by atoms with Crippen molar-refractivity contribution >= 4 is 15.9 Å². The lowest BCUT2D eigenvalue weighted by Crippen LogP contribution is -2.43. The zero-order chi connectivity index (χ0) is 10.7. The first-order valence-electron chi connectivity index (χ1n) is 5.42. The monoisotopic (exact) mass is 269 g/mol. The molecule has 0 amide bonds. The molecule has 0 saturated carbocycles. The van der Waals surface area contributed by atoms with E-state index >= 15 is 0 Å². The van der Waals surface area contributed by atoms with Gasteiger partial charge in [-0.05, 0) is 41.0 Å². The summed E-state index contributed by atoms with van der Waals surface area (Å²) in [5, 5.41) is 0. The van der Waals surface area contributed by atoms with Gasteiger partial charge < -0.3 is 4.74 Å². The third-order valence-electron chi connectivity index (χ3n) is 2.78. The van der Waals surface area contributed by atoms with Crippen LogP contribution >= 0.6 is 15.9 Å². The van der Waals surface area contributed by atoms with Crippen LogP contribution in [-0.2, 0) is 0 Å². The molecule has 1 atom stereocenters. The molecule has 1 heterocycles. The van der Waals surface area contributed by atoms with Crippen LogP contribution in [0.15, 0.2) is 30.3 Å². The number of para-hydroxylation sites is 1. The number of rotatable bonds is 3. The molecule has 0 aromatic heterocycles. The van der Waals surface area contributed by atoms with E-state index in [4.69, 9.17) is 4.74 Å². The molecule has 1 unspecified atom stereocenters. The molecule has 3 heteroatoms.